The van der Waals surface area contributed by atoms with E-state index in [1.54, 1.807) is 12.1 Å². The lowest BCUT2D eigenvalue weighted by Crippen LogP contribution is -2.52. The maximum absolute atomic E-state index is 12.7. The predicted octanol–water partition coefficient (Wildman–Crippen LogP) is 1.55. The minimum Gasteiger partial charge on any atom is -0.480 e. The first kappa shape index (κ1) is 18.9. The van der Waals surface area contributed by atoms with E-state index in [0.29, 0.717) is 5.56 Å². The Morgan fingerprint density at radius 1 is 1.24 bits per heavy atom. The lowest BCUT2D eigenvalue weighted by Gasteiger charge is -2.35. The zero-order valence-electron chi connectivity index (χ0n) is 14.8. The average Bonchev–Trinajstić information content (AvgIpc) is 2.90. The summed E-state index contributed by atoms with van der Waals surface area (Å²) in [6, 6.07) is 6.60. The van der Waals surface area contributed by atoms with Crippen molar-refractivity contribution in [3.8, 4) is 0 Å². The molecule has 2 rings (SSSR count). The molecule has 1 heterocycles. The number of carboxylic acids is 1. The number of carbonyl (C=O) groups is 3. The fourth-order valence-corrected chi connectivity index (χ4v) is 3.45. The summed E-state index contributed by atoms with van der Waals surface area (Å²) in [5.74, 6) is -2.95. The molecule has 3 atom stereocenters. The van der Waals surface area contributed by atoms with E-state index in [-0.39, 0.29) is 13.0 Å². The largest absolute Gasteiger partial charge is 0.480 e. The standard InChI is InChI=1S/C18H23NO6/c1-11-5-7-12(8-6-11)15-13(16(21)25-4)9-18(2,17(22)23)19(15)14(20)10-24-3/h5-8,13,15H,9-10H2,1-4H3,(H,22,23). The molecule has 3 unspecified atom stereocenters. The lowest BCUT2D eigenvalue weighted by atomic mass is 9.90. The van der Waals surface area contributed by atoms with Gasteiger partial charge in [-0.2, -0.15) is 0 Å². The fraction of sp³-hybridized carbons (Fsp3) is 0.500. The van der Waals surface area contributed by atoms with Crippen LogP contribution in [0.4, 0.5) is 0 Å². The number of carbonyl (C=O) groups excluding carboxylic acids is 2. The van der Waals surface area contributed by atoms with E-state index in [9.17, 15) is 19.5 Å². The number of nitrogens with zero attached hydrogens (tertiary/aromatic N) is 1. The Kier molecular flexibility index (Phi) is 5.47. The second-order valence-corrected chi connectivity index (χ2v) is 6.47. The summed E-state index contributed by atoms with van der Waals surface area (Å²) in [4.78, 5) is 38.2. The highest BCUT2D eigenvalue weighted by atomic mass is 16.5. The van der Waals surface area contributed by atoms with Gasteiger partial charge < -0.3 is 19.5 Å². The minimum atomic E-state index is -1.52. The van der Waals surface area contributed by atoms with Crippen LogP contribution < -0.4 is 0 Å². The molecule has 0 radical (unpaired) electrons. The Morgan fingerprint density at radius 2 is 1.84 bits per heavy atom. The maximum Gasteiger partial charge on any atom is 0.329 e. The molecule has 1 N–H and O–H groups in total. The molecule has 0 aliphatic carbocycles. The molecule has 0 saturated carbocycles. The molecule has 136 valence electrons. The predicted molar refractivity (Wildman–Crippen MR) is 88.8 cm³/mol. The van der Waals surface area contributed by atoms with Crippen LogP contribution in [0.15, 0.2) is 24.3 Å². The van der Waals surface area contributed by atoms with Crippen LogP contribution in [0.5, 0.6) is 0 Å². The molecule has 1 aliphatic heterocycles. The first-order valence-electron chi connectivity index (χ1n) is 7.95. The van der Waals surface area contributed by atoms with Crippen LogP contribution in [0, 0.1) is 12.8 Å². The highest BCUT2D eigenvalue weighted by molar-refractivity contribution is 5.91. The van der Waals surface area contributed by atoms with Crippen molar-refractivity contribution in [2.24, 2.45) is 5.92 Å². The topological polar surface area (TPSA) is 93.1 Å². The summed E-state index contributed by atoms with van der Waals surface area (Å²) in [6.07, 6.45) is -0.0248. The van der Waals surface area contributed by atoms with Gasteiger partial charge in [0.2, 0.25) is 5.91 Å². The Labute approximate surface area is 146 Å². The van der Waals surface area contributed by atoms with Gasteiger partial charge in [-0.05, 0) is 25.8 Å². The van der Waals surface area contributed by atoms with E-state index in [2.05, 4.69) is 0 Å². The number of hydrogen-bond acceptors (Lipinski definition) is 5. The molecule has 7 heteroatoms. The van der Waals surface area contributed by atoms with Crippen LogP contribution in [0.25, 0.3) is 0 Å². The van der Waals surface area contributed by atoms with Crippen molar-refractivity contribution in [1.29, 1.82) is 0 Å². The van der Waals surface area contributed by atoms with Gasteiger partial charge in [0.15, 0.2) is 0 Å². The van der Waals surface area contributed by atoms with Crippen molar-refractivity contribution in [2.45, 2.75) is 31.8 Å². The maximum atomic E-state index is 12.7. The van der Waals surface area contributed by atoms with Crippen molar-refractivity contribution in [3.63, 3.8) is 0 Å². The van der Waals surface area contributed by atoms with Gasteiger partial charge in [-0.15, -0.1) is 0 Å². The van der Waals surface area contributed by atoms with E-state index < -0.39 is 35.3 Å². The van der Waals surface area contributed by atoms with E-state index in [4.69, 9.17) is 9.47 Å². The summed E-state index contributed by atoms with van der Waals surface area (Å²) in [5, 5.41) is 9.75. The number of carboxylic acid groups (broad SMARTS) is 1. The molecule has 0 aromatic heterocycles. The molecule has 1 aliphatic rings. The van der Waals surface area contributed by atoms with Crippen LogP contribution >= 0.6 is 0 Å². The Bertz CT molecular complexity index is 671. The van der Waals surface area contributed by atoms with E-state index >= 15 is 0 Å². The first-order valence-corrected chi connectivity index (χ1v) is 7.95. The molecule has 1 amide bonds. The third-order valence-corrected chi connectivity index (χ3v) is 4.73. The number of ether oxygens (including phenoxy) is 2. The van der Waals surface area contributed by atoms with Gasteiger partial charge in [-0.25, -0.2) is 4.79 Å². The van der Waals surface area contributed by atoms with Crippen molar-refractivity contribution in [1.82, 2.24) is 4.90 Å². The molecule has 0 bridgehead atoms. The smallest absolute Gasteiger partial charge is 0.329 e. The molecule has 25 heavy (non-hydrogen) atoms. The van der Waals surface area contributed by atoms with E-state index in [1.165, 1.54) is 26.0 Å². The summed E-state index contributed by atoms with van der Waals surface area (Å²) in [5.41, 5.74) is 0.187. The fourth-order valence-electron chi connectivity index (χ4n) is 3.45. The van der Waals surface area contributed by atoms with Crippen molar-refractivity contribution in [3.05, 3.63) is 35.4 Å². The lowest BCUT2D eigenvalue weighted by molar-refractivity contribution is -0.159. The monoisotopic (exact) mass is 349 g/mol. The number of aryl methyl sites for hydroxylation is 1. The highest BCUT2D eigenvalue weighted by Crippen LogP contribution is 2.47. The number of rotatable bonds is 5. The van der Waals surface area contributed by atoms with Gasteiger partial charge >= 0.3 is 11.9 Å². The number of likely N-dealkylation sites (tertiary alicyclic amines) is 1. The van der Waals surface area contributed by atoms with Crippen molar-refractivity contribution in [2.75, 3.05) is 20.8 Å². The highest BCUT2D eigenvalue weighted by Gasteiger charge is 2.58. The van der Waals surface area contributed by atoms with Gasteiger partial charge in [0.1, 0.15) is 12.1 Å². The number of hydrogen-bond donors (Lipinski definition) is 1. The van der Waals surface area contributed by atoms with Gasteiger partial charge in [0.25, 0.3) is 0 Å². The summed E-state index contributed by atoms with van der Waals surface area (Å²) >= 11 is 0. The second kappa shape index (κ2) is 7.23. The zero-order chi connectivity index (χ0) is 18.8. The third-order valence-electron chi connectivity index (χ3n) is 4.73. The van der Waals surface area contributed by atoms with Crippen LogP contribution in [0.3, 0.4) is 0 Å². The van der Waals surface area contributed by atoms with Crippen LogP contribution in [0.1, 0.15) is 30.5 Å². The molecule has 7 nitrogen and oxygen atoms in total. The normalized spacial score (nSPS) is 25.7. The first-order chi connectivity index (χ1) is 11.8. The summed E-state index contributed by atoms with van der Waals surface area (Å²) in [6.45, 7) is 3.11. The van der Waals surface area contributed by atoms with Gasteiger partial charge in [-0.1, -0.05) is 29.8 Å². The van der Waals surface area contributed by atoms with Crippen LogP contribution in [-0.2, 0) is 23.9 Å². The third kappa shape index (κ3) is 3.37. The summed E-state index contributed by atoms with van der Waals surface area (Å²) < 4.78 is 9.78. The van der Waals surface area contributed by atoms with E-state index in [0.717, 1.165) is 5.56 Å². The quantitative estimate of drug-likeness (QED) is 0.811. The van der Waals surface area contributed by atoms with Crippen LogP contribution in [0.2, 0.25) is 0 Å². The van der Waals surface area contributed by atoms with Crippen LogP contribution in [-0.4, -0.2) is 54.2 Å². The number of methoxy groups -OCH3 is 2. The summed E-state index contributed by atoms with van der Waals surface area (Å²) in [7, 11) is 2.62. The van der Waals surface area contributed by atoms with E-state index in [1.807, 2.05) is 19.1 Å². The molecule has 1 fully saturated rings. The number of amides is 1. The van der Waals surface area contributed by atoms with Gasteiger partial charge in [-0.3, -0.25) is 9.59 Å². The van der Waals surface area contributed by atoms with Crippen molar-refractivity contribution >= 4 is 17.8 Å². The molecule has 1 aromatic rings. The SMILES string of the molecule is COCC(=O)N1C(c2ccc(C)cc2)C(C(=O)OC)CC1(C)C(=O)O. The van der Waals surface area contributed by atoms with Gasteiger partial charge in [0.05, 0.1) is 19.1 Å². The second-order valence-electron chi connectivity index (χ2n) is 6.47. The van der Waals surface area contributed by atoms with Crippen molar-refractivity contribution < 1.29 is 29.0 Å². The molecule has 1 aromatic carbocycles. The number of benzene rings is 1. The molecule has 1 saturated heterocycles. The number of aliphatic carboxylic acids is 1. The molecule has 0 spiro atoms. The molecular formula is C18H23NO6. The molecular weight excluding hydrogens is 326 g/mol. The Hall–Kier alpha value is -2.41. The van der Waals surface area contributed by atoms with Gasteiger partial charge in [0, 0.05) is 7.11 Å². The Morgan fingerprint density at radius 3 is 2.32 bits per heavy atom. The average molecular weight is 349 g/mol. The number of esters is 1. The zero-order valence-corrected chi connectivity index (χ0v) is 14.8. The Balaban J connectivity index is 2.59. The minimum absolute atomic E-state index is 0.0248.